The number of anilines is 1. The van der Waals surface area contributed by atoms with Crippen molar-refractivity contribution in [1.82, 2.24) is 14.8 Å². The van der Waals surface area contributed by atoms with E-state index in [0.717, 1.165) is 46.5 Å². The van der Waals surface area contributed by atoms with E-state index >= 15 is 0 Å². The highest BCUT2D eigenvalue weighted by atomic mass is 32.2. The second-order valence-corrected chi connectivity index (χ2v) is 8.11. The van der Waals surface area contributed by atoms with Crippen molar-refractivity contribution in [3.63, 3.8) is 0 Å². The molecular formula is C24H20F2N4O2S. The van der Waals surface area contributed by atoms with Crippen molar-refractivity contribution in [3.8, 4) is 22.8 Å². The molecule has 33 heavy (non-hydrogen) atoms. The number of hydrogen-bond donors (Lipinski definition) is 1. The van der Waals surface area contributed by atoms with Crippen molar-refractivity contribution in [1.29, 1.82) is 0 Å². The van der Waals surface area contributed by atoms with Crippen LogP contribution in [0, 0.1) is 18.6 Å². The summed E-state index contributed by atoms with van der Waals surface area (Å²) < 4.78 is 34.0. The Morgan fingerprint density at radius 3 is 2.42 bits per heavy atom. The zero-order valence-electron chi connectivity index (χ0n) is 17.9. The van der Waals surface area contributed by atoms with Crippen molar-refractivity contribution in [2.45, 2.75) is 12.1 Å². The predicted octanol–water partition coefficient (Wildman–Crippen LogP) is 5.26. The number of hydrogen-bond acceptors (Lipinski definition) is 5. The molecule has 1 aromatic heterocycles. The Hall–Kier alpha value is -3.72. The zero-order valence-corrected chi connectivity index (χ0v) is 18.7. The van der Waals surface area contributed by atoms with Crippen LogP contribution in [-0.2, 0) is 4.79 Å². The van der Waals surface area contributed by atoms with Crippen LogP contribution in [0.2, 0.25) is 0 Å². The summed E-state index contributed by atoms with van der Waals surface area (Å²) in [6, 6.07) is 18.3. The molecule has 6 nitrogen and oxygen atoms in total. The van der Waals surface area contributed by atoms with Crippen molar-refractivity contribution in [3.05, 3.63) is 83.9 Å². The molecular weight excluding hydrogens is 446 g/mol. The maximum absolute atomic E-state index is 13.8. The summed E-state index contributed by atoms with van der Waals surface area (Å²) in [6.45, 7) is 1.99. The Bertz CT molecular complexity index is 1270. The third-order valence-electron chi connectivity index (χ3n) is 4.81. The molecule has 0 fully saturated rings. The van der Waals surface area contributed by atoms with E-state index in [0.29, 0.717) is 11.0 Å². The quantitative estimate of drug-likeness (QED) is 0.376. The van der Waals surface area contributed by atoms with E-state index in [4.69, 9.17) is 4.74 Å². The molecule has 4 aromatic rings. The molecule has 1 heterocycles. The molecule has 1 amide bonds. The van der Waals surface area contributed by atoms with E-state index in [-0.39, 0.29) is 11.4 Å². The molecule has 9 heteroatoms. The Morgan fingerprint density at radius 2 is 1.76 bits per heavy atom. The van der Waals surface area contributed by atoms with E-state index in [1.165, 1.54) is 6.07 Å². The molecule has 0 aliphatic rings. The summed E-state index contributed by atoms with van der Waals surface area (Å²) in [5.74, 6) is -0.706. The first-order valence-electron chi connectivity index (χ1n) is 9.99. The first-order valence-corrected chi connectivity index (χ1v) is 11.0. The molecule has 168 valence electrons. The van der Waals surface area contributed by atoms with Gasteiger partial charge < -0.3 is 10.1 Å². The van der Waals surface area contributed by atoms with Crippen LogP contribution in [0.4, 0.5) is 14.5 Å². The van der Waals surface area contributed by atoms with Crippen LogP contribution in [0.3, 0.4) is 0 Å². The van der Waals surface area contributed by atoms with E-state index < -0.39 is 17.5 Å². The van der Waals surface area contributed by atoms with Gasteiger partial charge in [-0.25, -0.2) is 8.78 Å². The topological polar surface area (TPSA) is 69.0 Å². The van der Waals surface area contributed by atoms with E-state index in [1.807, 2.05) is 60.0 Å². The molecule has 0 aliphatic heterocycles. The SMILES string of the molecule is COc1ccc(-c2nnc(SCC(=O)Nc3ccc(F)cc3F)n2-c2ccc(C)cc2)cc1. The average molecular weight is 467 g/mol. The smallest absolute Gasteiger partial charge is 0.234 e. The van der Waals surface area contributed by atoms with Crippen LogP contribution in [0.5, 0.6) is 5.75 Å². The molecule has 1 N–H and O–H groups in total. The van der Waals surface area contributed by atoms with Gasteiger partial charge in [0.2, 0.25) is 5.91 Å². The van der Waals surface area contributed by atoms with Crippen LogP contribution in [0.25, 0.3) is 17.1 Å². The fourth-order valence-electron chi connectivity index (χ4n) is 3.12. The highest BCUT2D eigenvalue weighted by Gasteiger charge is 2.18. The van der Waals surface area contributed by atoms with Gasteiger partial charge in [0.25, 0.3) is 0 Å². The molecule has 3 aromatic carbocycles. The van der Waals surface area contributed by atoms with Gasteiger partial charge in [-0.3, -0.25) is 9.36 Å². The third kappa shape index (κ3) is 5.20. The number of aromatic nitrogens is 3. The number of rotatable bonds is 7. The van der Waals surface area contributed by atoms with Crippen LogP contribution >= 0.6 is 11.8 Å². The summed E-state index contributed by atoms with van der Waals surface area (Å²) in [7, 11) is 1.60. The van der Waals surface area contributed by atoms with Crippen molar-refractivity contribution in [2.75, 3.05) is 18.2 Å². The van der Waals surface area contributed by atoms with Crippen molar-refractivity contribution < 1.29 is 18.3 Å². The summed E-state index contributed by atoms with van der Waals surface area (Å²) >= 11 is 1.16. The number of amides is 1. The fourth-order valence-corrected chi connectivity index (χ4v) is 3.88. The van der Waals surface area contributed by atoms with Gasteiger partial charge in [-0.15, -0.1) is 10.2 Å². The zero-order chi connectivity index (χ0) is 23.4. The minimum Gasteiger partial charge on any atom is -0.497 e. The number of ether oxygens (including phenoxy) is 1. The molecule has 0 spiro atoms. The predicted molar refractivity (Wildman–Crippen MR) is 124 cm³/mol. The lowest BCUT2D eigenvalue weighted by atomic mass is 10.2. The number of halogens is 2. The standard InChI is InChI=1S/C24H20F2N4O2S/c1-15-3-8-18(9-4-15)30-23(16-5-10-19(32-2)11-6-16)28-29-24(30)33-14-22(31)27-21-12-7-17(25)13-20(21)26/h3-13H,14H2,1-2H3,(H,27,31). The van der Waals surface area contributed by atoms with Crippen molar-refractivity contribution in [2.24, 2.45) is 0 Å². The number of nitrogens with one attached hydrogen (secondary N) is 1. The normalized spacial score (nSPS) is 10.8. The minimum absolute atomic E-state index is 0.0383. The number of carbonyl (C=O) groups excluding carboxylic acids is 1. The fraction of sp³-hybridized carbons (Fsp3) is 0.125. The molecule has 0 saturated carbocycles. The molecule has 0 unspecified atom stereocenters. The second kappa shape index (κ2) is 9.83. The summed E-state index contributed by atoms with van der Waals surface area (Å²) in [4.78, 5) is 12.4. The Morgan fingerprint density at radius 1 is 1.03 bits per heavy atom. The van der Waals surface area contributed by atoms with Crippen LogP contribution in [0.1, 0.15) is 5.56 Å². The Kier molecular flexibility index (Phi) is 6.69. The maximum Gasteiger partial charge on any atom is 0.234 e. The highest BCUT2D eigenvalue weighted by Crippen LogP contribution is 2.29. The summed E-state index contributed by atoms with van der Waals surface area (Å²) in [6.07, 6.45) is 0. The van der Waals surface area contributed by atoms with Crippen LogP contribution in [-0.4, -0.2) is 33.5 Å². The lowest BCUT2D eigenvalue weighted by molar-refractivity contribution is -0.113. The number of carbonyl (C=O) groups is 1. The molecule has 0 radical (unpaired) electrons. The van der Waals surface area contributed by atoms with Gasteiger partial charge in [0, 0.05) is 17.3 Å². The lowest BCUT2D eigenvalue weighted by Gasteiger charge is -2.11. The minimum atomic E-state index is -0.835. The average Bonchev–Trinajstić information content (AvgIpc) is 3.24. The van der Waals surface area contributed by atoms with Gasteiger partial charge in [-0.1, -0.05) is 29.5 Å². The lowest BCUT2D eigenvalue weighted by Crippen LogP contribution is -2.15. The van der Waals surface area contributed by atoms with Gasteiger partial charge >= 0.3 is 0 Å². The van der Waals surface area contributed by atoms with Gasteiger partial charge in [-0.05, 0) is 55.5 Å². The summed E-state index contributed by atoms with van der Waals surface area (Å²) in [5, 5.41) is 11.6. The van der Waals surface area contributed by atoms with Gasteiger partial charge in [0.15, 0.2) is 11.0 Å². The van der Waals surface area contributed by atoms with E-state index in [1.54, 1.807) is 7.11 Å². The molecule has 0 bridgehead atoms. The molecule has 0 aliphatic carbocycles. The number of benzene rings is 3. The molecule has 0 saturated heterocycles. The first-order chi connectivity index (χ1) is 15.9. The summed E-state index contributed by atoms with van der Waals surface area (Å²) in [5.41, 5.74) is 2.69. The number of aryl methyl sites for hydroxylation is 1. The maximum atomic E-state index is 13.8. The van der Waals surface area contributed by atoms with E-state index in [2.05, 4.69) is 15.5 Å². The Labute approximate surface area is 193 Å². The monoisotopic (exact) mass is 466 g/mol. The molecule has 4 rings (SSSR count). The van der Waals surface area contributed by atoms with Gasteiger partial charge in [0.05, 0.1) is 18.6 Å². The van der Waals surface area contributed by atoms with Gasteiger partial charge in [0.1, 0.15) is 17.4 Å². The van der Waals surface area contributed by atoms with Crippen LogP contribution < -0.4 is 10.1 Å². The third-order valence-corrected chi connectivity index (χ3v) is 5.74. The van der Waals surface area contributed by atoms with Crippen LogP contribution in [0.15, 0.2) is 71.9 Å². The van der Waals surface area contributed by atoms with E-state index in [9.17, 15) is 13.6 Å². The molecule has 0 atom stereocenters. The Balaban J connectivity index is 1.60. The number of nitrogens with zero attached hydrogens (tertiary/aromatic N) is 3. The second-order valence-electron chi connectivity index (χ2n) is 7.17. The van der Waals surface area contributed by atoms with Crippen molar-refractivity contribution >= 4 is 23.4 Å². The largest absolute Gasteiger partial charge is 0.497 e. The first kappa shape index (κ1) is 22.5. The number of thioether (sulfide) groups is 1. The van der Waals surface area contributed by atoms with Gasteiger partial charge in [-0.2, -0.15) is 0 Å². The highest BCUT2D eigenvalue weighted by molar-refractivity contribution is 7.99. The number of methoxy groups -OCH3 is 1.